The van der Waals surface area contributed by atoms with Crippen LogP contribution < -0.4 is 0 Å². The van der Waals surface area contributed by atoms with Crippen LogP contribution in [0.3, 0.4) is 0 Å². The number of hydrogen-bond acceptors (Lipinski definition) is 1. The van der Waals surface area contributed by atoms with Crippen molar-refractivity contribution >= 4 is 0 Å². The van der Waals surface area contributed by atoms with Crippen molar-refractivity contribution in [3.63, 3.8) is 0 Å². The van der Waals surface area contributed by atoms with E-state index in [0.29, 0.717) is 6.92 Å². The van der Waals surface area contributed by atoms with Gasteiger partial charge in [-0.25, -0.2) is 0 Å². The molecule has 8 heteroatoms. The van der Waals surface area contributed by atoms with Gasteiger partial charge in [0.25, 0.3) is 6.01 Å². The van der Waals surface area contributed by atoms with Gasteiger partial charge in [-0.2, -0.15) is 30.7 Å². The van der Waals surface area contributed by atoms with Gasteiger partial charge in [0, 0.05) is 6.42 Å². The maximum atomic E-state index is 12.5. The number of alkyl halides is 6. The van der Waals surface area contributed by atoms with E-state index in [1.807, 2.05) is 0 Å². The zero-order valence-corrected chi connectivity index (χ0v) is 7.47. The van der Waals surface area contributed by atoms with E-state index in [4.69, 9.17) is 0 Å². The summed E-state index contributed by atoms with van der Waals surface area (Å²) in [6.07, 6.45) is -7.20. The van der Waals surface area contributed by atoms with Gasteiger partial charge in [0.05, 0.1) is 0 Å². The topological polar surface area (TPSA) is 9.23 Å². The second-order valence-corrected chi connectivity index (χ2v) is 2.61. The molecule has 0 aliphatic carbocycles. The molecular formula is C7H7F7O. The molecule has 15 heavy (non-hydrogen) atoms. The van der Waals surface area contributed by atoms with E-state index in [1.165, 1.54) is 0 Å². The Morgan fingerprint density at radius 2 is 1.53 bits per heavy atom. The molecule has 0 saturated carbocycles. The van der Waals surface area contributed by atoms with Crippen molar-refractivity contribution in [2.45, 2.75) is 31.3 Å². The fourth-order valence-corrected chi connectivity index (χ4v) is 0.638. The molecule has 0 bridgehead atoms. The largest absolute Gasteiger partial charge is 0.472 e. The summed E-state index contributed by atoms with van der Waals surface area (Å²) in [4.78, 5) is 0. The fourth-order valence-electron chi connectivity index (χ4n) is 0.638. The molecule has 0 saturated heterocycles. The number of rotatable bonds is 5. The molecular weight excluding hydrogens is 233 g/mol. The lowest BCUT2D eigenvalue weighted by molar-refractivity contribution is -0.392. The van der Waals surface area contributed by atoms with Crippen LogP contribution in [-0.2, 0) is 4.74 Å². The van der Waals surface area contributed by atoms with Crippen molar-refractivity contribution in [1.82, 2.24) is 0 Å². The molecule has 0 fully saturated rings. The van der Waals surface area contributed by atoms with E-state index in [9.17, 15) is 30.7 Å². The number of halogens is 7. The van der Waals surface area contributed by atoms with Gasteiger partial charge in [-0.3, -0.25) is 0 Å². The van der Waals surface area contributed by atoms with Gasteiger partial charge in [-0.15, -0.1) is 0 Å². The highest BCUT2D eigenvalue weighted by atomic mass is 19.3. The summed E-state index contributed by atoms with van der Waals surface area (Å²) >= 11 is 0. The van der Waals surface area contributed by atoms with E-state index in [2.05, 4.69) is 11.3 Å². The van der Waals surface area contributed by atoms with Crippen LogP contribution in [0.25, 0.3) is 0 Å². The molecule has 0 amide bonds. The summed E-state index contributed by atoms with van der Waals surface area (Å²) in [5.74, 6) is -10.8. The molecule has 0 aromatic carbocycles. The molecule has 0 unspecified atom stereocenters. The monoisotopic (exact) mass is 240 g/mol. The second kappa shape index (κ2) is 3.90. The van der Waals surface area contributed by atoms with Crippen molar-refractivity contribution in [1.29, 1.82) is 0 Å². The summed E-state index contributed by atoms with van der Waals surface area (Å²) in [6.45, 7) is 2.69. The third kappa shape index (κ3) is 2.54. The van der Waals surface area contributed by atoms with E-state index in [0.717, 1.165) is 0 Å². The van der Waals surface area contributed by atoms with E-state index >= 15 is 0 Å². The van der Waals surface area contributed by atoms with Crippen molar-refractivity contribution in [3.05, 3.63) is 12.6 Å². The number of ether oxygens (including phenoxy) is 1. The molecule has 0 aromatic heterocycles. The predicted molar refractivity (Wildman–Crippen MR) is 36.5 cm³/mol. The van der Waals surface area contributed by atoms with Crippen molar-refractivity contribution < 1.29 is 35.5 Å². The zero-order chi connectivity index (χ0) is 12.5. The van der Waals surface area contributed by atoms with E-state index < -0.39 is 30.4 Å². The Kier molecular flexibility index (Phi) is 3.65. The highest BCUT2D eigenvalue weighted by molar-refractivity contribution is 4.92. The average molecular weight is 240 g/mol. The first kappa shape index (κ1) is 14.0. The highest BCUT2D eigenvalue weighted by Crippen LogP contribution is 2.48. The summed E-state index contributed by atoms with van der Waals surface area (Å²) < 4.78 is 89.0. The summed E-state index contributed by atoms with van der Waals surface area (Å²) in [7, 11) is 0. The SMILES string of the molecule is C=C(F)OC(F)(F)C(F)(F)C(F)(F)CC. The Labute approximate surface area is 80.5 Å². The minimum absolute atomic E-state index is 0.578. The smallest absolute Gasteiger partial charge is 0.402 e. The van der Waals surface area contributed by atoms with Crippen LogP contribution >= 0.6 is 0 Å². The molecule has 0 heterocycles. The Morgan fingerprint density at radius 1 is 1.13 bits per heavy atom. The van der Waals surface area contributed by atoms with Crippen LogP contribution in [-0.4, -0.2) is 18.0 Å². The van der Waals surface area contributed by atoms with Gasteiger partial charge in [0.2, 0.25) is 0 Å². The van der Waals surface area contributed by atoms with Crippen LogP contribution in [0, 0.1) is 0 Å². The minimum Gasteiger partial charge on any atom is -0.402 e. The quantitative estimate of drug-likeness (QED) is 0.525. The molecule has 0 aliphatic heterocycles. The number of hydrogen-bond donors (Lipinski definition) is 0. The lowest BCUT2D eigenvalue weighted by Gasteiger charge is -2.30. The molecule has 0 rings (SSSR count). The first-order chi connectivity index (χ1) is 6.48. The molecule has 0 radical (unpaired) electrons. The van der Waals surface area contributed by atoms with Crippen LogP contribution in [0.5, 0.6) is 0 Å². The van der Waals surface area contributed by atoms with Gasteiger partial charge in [0.15, 0.2) is 0 Å². The Bertz CT molecular complexity index is 248. The van der Waals surface area contributed by atoms with Gasteiger partial charge in [-0.1, -0.05) is 6.92 Å². The molecule has 0 aliphatic rings. The average Bonchev–Trinajstić information content (AvgIpc) is 2.01. The molecule has 1 nitrogen and oxygen atoms in total. The lowest BCUT2D eigenvalue weighted by atomic mass is 10.1. The molecule has 0 spiro atoms. The minimum atomic E-state index is -5.82. The third-order valence-electron chi connectivity index (χ3n) is 1.51. The predicted octanol–water partition coefficient (Wildman–Crippen LogP) is 3.72. The Hall–Kier alpha value is -0.950. The van der Waals surface area contributed by atoms with Crippen LogP contribution in [0.15, 0.2) is 12.6 Å². The van der Waals surface area contributed by atoms with Crippen molar-refractivity contribution in [2.24, 2.45) is 0 Å². The summed E-state index contributed by atoms with van der Waals surface area (Å²) in [5, 5.41) is 0. The van der Waals surface area contributed by atoms with E-state index in [-0.39, 0.29) is 0 Å². The van der Waals surface area contributed by atoms with E-state index in [1.54, 1.807) is 0 Å². The Morgan fingerprint density at radius 3 is 1.80 bits per heavy atom. The summed E-state index contributed by atoms with van der Waals surface area (Å²) in [5.41, 5.74) is 0. The normalized spacial score (nSPS) is 13.9. The zero-order valence-electron chi connectivity index (χ0n) is 7.47. The van der Waals surface area contributed by atoms with Crippen LogP contribution in [0.4, 0.5) is 30.7 Å². The van der Waals surface area contributed by atoms with Gasteiger partial charge in [-0.05, 0) is 6.58 Å². The van der Waals surface area contributed by atoms with Gasteiger partial charge >= 0.3 is 18.0 Å². The molecule has 0 aromatic rings. The summed E-state index contributed by atoms with van der Waals surface area (Å²) in [6, 6.07) is -2.27. The first-order valence-electron chi connectivity index (χ1n) is 3.65. The van der Waals surface area contributed by atoms with Crippen molar-refractivity contribution in [2.75, 3.05) is 0 Å². The highest BCUT2D eigenvalue weighted by Gasteiger charge is 2.73. The molecule has 90 valence electrons. The third-order valence-corrected chi connectivity index (χ3v) is 1.51. The Balaban J connectivity index is 5.08. The maximum absolute atomic E-state index is 12.5. The lowest BCUT2D eigenvalue weighted by Crippen LogP contribution is -2.54. The molecule has 0 N–H and O–H groups in total. The first-order valence-corrected chi connectivity index (χ1v) is 3.65. The molecule has 0 atom stereocenters. The van der Waals surface area contributed by atoms with Gasteiger partial charge in [0.1, 0.15) is 0 Å². The van der Waals surface area contributed by atoms with Gasteiger partial charge < -0.3 is 4.74 Å². The van der Waals surface area contributed by atoms with Crippen molar-refractivity contribution in [3.8, 4) is 0 Å². The maximum Gasteiger partial charge on any atom is 0.472 e. The van der Waals surface area contributed by atoms with Crippen LogP contribution in [0.1, 0.15) is 13.3 Å². The second-order valence-electron chi connectivity index (χ2n) is 2.61. The van der Waals surface area contributed by atoms with Crippen LogP contribution in [0.2, 0.25) is 0 Å². The standard InChI is InChI=1S/C7H7F7O/c1-3-5(9,10)6(11,12)7(13,14)15-4(2)8/h2-3H2,1H3. The fraction of sp³-hybridized carbons (Fsp3) is 0.714.